The van der Waals surface area contributed by atoms with Gasteiger partial charge in [0.05, 0.1) is 9.79 Å². The Morgan fingerprint density at radius 2 is 1.56 bits per heavy atom. The van der Waals surface area contributed by atoms with Gasteiger partial charge in [-0.1, -0.05) is 15.9 Å². The Morgan fingerprint density at radius 1 is 1.00 bits per heavy atom. The summed E-state index contributed by atoms with van der Waals surface area (Å²) in [5.74, 6) is 0. The van der Waals surface area contributed by atoms with Gasteiger partial charge in [0.1, 0.15) is 0 Å². The van der Waals surface area contributed by atoms with Gasteiger partial charge in [0.2, 0.25) is 9.84 Å². The molecule has 0 fully saturated rings. The molecule has 18 heavy (non-hydrogen) atoms. The van der Waals surface area contributed by atoms with Gasteiger partial charge in [0.25, 0.3) is 0 Å². The first-order valence-electron chi connectivity index (χ1n) is 5.18. The van der Waals surface area contributed by atoms with E-state index in [-0.39, 0.29) is 0 Å². The van der Waals surface area contributed by atoms with E-state index >= 15 is 0 Å². The van der Waals surface area contributed by atoms with Gasteiger partial charge in [-0.3, -0.25) is 0 Å². The first-order valence-corrected chi connectivity index (χ1v) is 8.53. The smallest absolute Gasteiger partial charge is 0.206 e. The zero-order valence-corrected chi connectivity index (χ0v) is 14.1. The van der Waals surface area contributed by atoms with E-state index in [0.717, 1.165) is 13.6 Å². The third-order valence-corrected chi connectivity index (χ3v) is 5.94. The summed E-state index contributed by atoms with van der Waals surface area (Å²) in [6.07, 6.45) is 0. The second-order valence-corrected chi connectivity index (χ2v) is 7.92. The summed E-state index contributed by atoms with van der Waals surface area (Å²) in [7, 11) is -3.42. The minimum absolute atomic E-state index is 0.324. The Labute approximate surface area is 129 Å². The molecule has 2 rings (SSSR count). The van der Waals surface area contributed by atoms with Gasteiger partial charge in [-0.25, -0.2) is 8.42 Å². The van der Waals surface area contributed by atoms with Crippen molar-refractivity contribution in [3.63, 3.8) is 0 Å². The van der Waals surface area contributed by atoms with E-state index in [1.165, 1.54) is 0 Å². The molecular formula is C13H10BrIO2S. The molecule has 0 atom stereocenters. The maximum Gasteiger partial charge on any atom is 0.206 e. The molecular weight excluding hydrogens is 427 g/mol. The van der Waals surface area contributed by atoms with Crippen LogP contribution in [0.3, 0.4) is 0 Å². The molecule has 0 heterocycles. The van der Waals surface area contributed by atoms with Crippen LogP contribution in [0.25, 0.3) is 0 Å². The average Bonchev–Trinajstić information content (AvgIpc) is 2.33. The van der Waals surface area contributed by atoms with Crippen LogP contribution in [0.5, 0.6) is 0 Å². The van der Waals surface area contributed by atoms with E-state index in [0.29, 0.717) is 9.79 Å². The number of hydrogen-bond donors (Lipinski definition) is 0. The minimum atomic E-state index is -3.42. The number of halogens is 2. The van der Waals surface area contributed by atoms with Crippen molar-refractivity contribution in [2.24, 2.45) is 0 Å². The summed E-state index contributed by atoms with van der Waals surface area (Å²) >= 11 is 5.51. The maximum absolute atomic E-state index is 12.4. The Balaban J connectivity index is 2.54. The van der Waals surface area contributed by atoms with Gasteiger partial charge in [-0.15, -0.1) is 0 Å². The molecule has 2 nitrogen and oxygen atoms in total. The molecule has 94 valence electrons. The van der Waals surface area contributed by atoms with Crippen LogP contribution in [0.2, 0.25) is 0 Å². The van der Waals surface area contributed by atoms with Crippen LogP contribution in [0.15, 0.2) is 56.7 Å². The average molecular weight is 437 g/mol. The number of rotatable bonds is 2. The van der Waals surface area contributed by atoms with Crippen molar-refractivity contribution in [1.29, 1.82) is 0 Å². The second kappa shape index (κ2) is 5.30. The van der Waals surface area contributed by atoms with E-state index < -0.39 is 9.84 Å². The molecule has 0 bridgehead atoms. The number of aryl methyl sites for hydroxylation is 1. The van der Waals surface area contributed by atoms with Crippen molar-refractivity contribution in [3.8, 4) is 0 Å². The van der Waals surface area contributed by atoms with E-state index in [9.17, 15) is 8.42 Å². The molecule has 0 amide bonds. The van der Waals surface area contributed by atoms with E-state index in [2.05, 4.69) is 38.5 Å². The molecule has 0 aliphatic heterocycles. The fourth-order valence-electron chi connectivity index (χ4n) is 1.53. The predicted octanol–water partition coefficient (Wildman–Crippen LogP) is 4.19. The van der Waals surface area contributed by atoms with Crippen molar-refractivity contribution >= 4 is 48.4 Å². The lowest BCUT2D eigenvalue weighted by molar-refractivity contribution is 0.596. The van der Waals surface area contributed by atoms with Crippen molar-refractivity contribution < 1.29 is 8.42 Å². The Kier molecular flexibility index (Phi) is 4.13. The second-order valence-electron chi connectivity index (χ2n) is 3.87. The van der Waals surface area contributed by atoms with E-state index in [4.69, 9.17) is 0 Å². The van der Waals surface area contributed by atoms with Crippen molar-refractivity contribution in [1.82, 2.24) is 0 Å². The molecule has 0 unspecified atom stereocenters. The van der Waals surface area contributed by atoms with Gasteiger partial charge in [0, 0.05) is 8.04 Å². The molecule has 2 aromatic rings. The molecule has 0 spiro atoms. The van der Waals surface area contributed by atoms with Gasteiger partial charge in [0.15, 0.2) is 0 Å². The molecule has 0 saturated heterocycles. The summed E-state index contributed by atoms with van der Waals surface area (Å²) in [6, 6.07) is 11.9. The molecule has 0 saturated carbocycles. The standard InChI is InChI=1S/C13H10BrIO2S/c1-9-8-12(6-7-13(9)14)18(16,17)11-4-2-10(15)3-5-11/h2-8H,1H3. The Hall–Kier alpha value is -0.400. The van der Waals surface area contributed by atoms with Crippen LogP contribution in [-0.2, 0) is 9.84 Å². The van der Waals surface area contributed by atoms with Gasteiger partial charge in [-0.2, -0.15) is 0 Å². The van der Waals surface area contributed by atoms with E-state index in [1.54, 1.807) is 42.5 Å². The fourth-order valence-corrected chi connectivity index (χ4v) is 3.49. The molecule has 2 aromatic carbocycles. The third kappa shape index (κ3) is 2.78. The number of hydrogen-bond acceptors (Lipinski definition) is 2. The maximum atomic E-state index is 12.4. The first-order chi connectivity index (χ1) is 8.41. The molecule has 0 aromatic heterocycles. The van der Waals surface area contributed by atoms with Gasteiger partial charge < -0.3 is 0 Å². The highest BCUT2D eigenvalue weighted by Gasteiger charge is 2.17. The van der Waals surface area contributed by atoms with Crippen LogP contribution in [0, 0.1) is 10.5 Å². The summed E-state index contributed by atoms with van der Waals surface area (Å²) < 4.78 is 26.7. The topological polar surface area (TPSA) is 34.1 Å². The first kappa shape index (κ1) is 14.0. The summed E-state index contributed by atoms with van der Waals surface area (Å²) in [6.45, 7) is 1.87. The van der Waals surface area contributed by atoms with E-state index in [1.807, 2.05) is 6.92 Å². The van der Waals surface area contributed by atoms with Crippen LogP contribution >= 0.6 is 38.5 Å². The highest BCUT2D eigenvalue weighted by molar-refractivity contribution is 14.1. The molecule has 0 N–H and O–H groups in total. The number of benzene rings is 2. The summed E-state index contributed by atoms with van der Waals surface area (Å²) in [5, 5.41) is 0. The zero-order valence-electron chi connectivity index (χ0n) is 9.52. The lowest BCUT2D eigenvalue weighted by Crippen LogP contribution is -2.02. The fraction of sp³-hybridized carbons (Fsp3) is 0.0769. The lowest BCUT2D eigenvalue weighted by Gasteiger charge is -2.06. The molecule has 5 heteroatoms. The number of sulfone groups is 1. The molecule has 0 aliphatic rings. The SMILES string of the molecule is Cc1cc(S(=O)(=O)c2ccc(I)cc2)ccc1Br. The normalized spacial score (nSPS) is 11.5. The van der Waals surface area contributed by atoms with Crippen LogP contribution < -0.4 is 0 Å². The summed E-state index contributed by atoms with van der Waals surface area (Å²) in [5.41, 5.74) is 0.904. The largest absolute Gasteiger partial charge is 0.219 e. The van der Waals surface area contributed by atoms with Crippen LogP contribution in [0.1, 0.15) is 5.56 Å². The quantitative estimate of drug-likeness (QED) is 0.661. The predicted molar refractivity (Wildman–Crippen MR) is 83.5 cm³/mol. The zero-order chi connectivity index (χ0) is 13.3. The van der Waals surface area contributed by atoms with Crippen LogP contribution in [0.4, 0.5) is 0 Å². The van der Waals surface area contributed by atoms with Gasteiger partial charge >= 0.3 is 0 Å². The lowest BCUT2D eigenvalue weighted by atomic mass is 10.2. The summed E-state index contributed by atoms with van der Waals surface area (Å²) in [4.78, 5) is 0.647. The third-order valence-electron chi connectivity index (χ3n) is 2.56. The van der Waals surface area contributed by atoms with Crippen molar-refractivity contribution in [2.45, 2.75) is 16.7 Å². The Bertz CT molecular complexity index is 679. The Morgan fingerprint density at radius 3 is 2.11 bits per heavy atom. The molecule has 0 aliphatic carbocycles. The minimum Gasteiger partial charge on any atom is -0.219 e. The highest BCUT2D eigenvalue weighted by atomic mass is 127. The highest BCUT2D eigenvalue weighted by Crippen LogP contribution is 2.25. The van der Waals surface area contributed by atoms with Crippen molar-refractivity contribution in [2.75, 3.05) is 0 Å². The van der Waals surface area contributed by atoms with Crippen molar-refractivity contribution in [3.05, 3.63) is 56.1 Å². The monoisotopic (exact) mass is 436 g/mol. The van der Waals surface area contributed by atoms with Crippen LogP contribution in [-0.4, -0.2) is 8.42 Å². The van der Waals surface area contributed by atoms with Gasteiger partial charge in [-0.05, 0) is 77.5 Å². The molecule has 0 radical (unpaired) electrons.